The minimum absolute atomic E-state index is 0.610. The number of rotatable bonds is 6. The van der Waals surface area contributed by atoms with Crippen molar-refractivity contribution in [1.82, 2.24) is 5.32 Å². The second-order valence-corrected chi connectivity index (χ2v) is 5.67. The first-order chi connectivity index (χ1) is 7.99. The highest BCUT2D eigenvalue weighted by molar-refractivity contribution is 5.29. The molecule has 0 aromatic heterocycles. The lowest BCUT2D eigenvalue weighted by molar-refractivity contribution is 0.450. The SMILES string of the molecule is Cc1ccc(CNC(C)CCC(C)C)cc1C. The Bertz CT molecular complexity index is 341. The lowest BCUT2D eigenvalue weighted by Gasteiger charge is -2.15. The number of aryl methyl sites for hydroxylation is 2. The minimum Gasteiger partial charge on any atom is -0.310 e. The molecule has 0 spiro atoms. The number of nitrogens with one attached hydrogen (secondary N) is 1. The van der Waals surface area contributed by atoms with Gasteiger partial charge in [-0.3, -0.25) is 0 Å². The predicted molar refractivity (Wildman–Crippen MR) is 76.3 cm³/mol. The van der Waals surface area contributed by atoms with Gasteiger partial charge >= 0.3 is 0 Å². The highest BCUT2D eigenvalue weighted by Gasteiger charge is 2.03. The number of benzene rings is 1. The van der Waals surface area contributed by atoms with E-state index in [4.69, 9.17) is 0 Å². The van der Waals surface area contributed by atoms with E-state index in [9.17, 15) is 0 Å². The van der Waals surface area contributed by atoms with Crippen molar-refractivity contribution < 1.29 is 0 Å². The molecular formula is C16H27N. The quantitative estimate of drug-likeness (QED) is 0.776. The molecule has 1 atom stereocenters. The Labute approximate surface area is 107 Å². The van der Waals surface area contributed by atoms with Gasteiger partial charge in [-0.2, -0.15) is 0 Å². The third-order valence-corrected chi connectivity index (χ3v) is 3.40. The summed E-state index contributed by atoms with van der Waals surface area (Å²) in [6.45, 7) is 12.2. The van der Waals surface area contributed by atoms with Crippen molar-refractivity contribution in [3.8, 4) is 0 Å². The zero-order valence-electron chi connectivity index (χ0n) is 12.0. The molecule has 1 rings (SSSR count). The van der Waals surface area contributed by atoms with E-state index in [1.165, 1.54) is 29.5 Å². The van der Waals surface area contributed by atoms with Gasteiger partial charge in [0.15, 0.2) is 0 Å². The van der Waals surface area contributed by atoms with Gasteiger partial charge < -0.3 is 5.32 Å². The molecule has 1 nitrogen and oxygen atoms in total. The van der Waals surface area contributed by atoms with Crippen molar-refractivity contribution >= 4 is 0 Å². The zero-order valence-corrected chi connectivity index (χ0v) is 12.0. The summed E-state index contributed by atoms with van der Waals surface area (Å²) < 4.78 is 0. The third kappa shape index (κ3) is 5.36. The van der Waals surface area contributed by atoms with Gasteiger partial charge in [0, 0.05) is 12.6 Å². The largest absolute Gasteiger partial charge is 0.310 e. The molecule has 1 unspecified atom stereocenters. The summed E-state index contributed by atoms with van der Waals surface area (Å²) in [5.41, 5.74) is 4.16. The summed E-state index contributed by atoms with van der Waals surface area (Å²) in [5, 5.41) is 3.60. The summed E-state index contributed by atoms with van der Waals surface area (Å²) in [7, 11) is 0. The molecule has 0 aliphatic heterocycles. The van der Waals surface area contributed by atoms with Crippen LogP contribution in [0.1, 0.15) is 50.3 Å². The standard InChI is InChI=1S/C16H27N/c1-12(2)6-8-15(5)17-11-16-9-7-13(3)14(4)10-16/h7,9-10,12,15,17H,6,8,11H2,1-5H3. The molecule has 1 aromatic rings. The van der Waals surface area contributed by atoms with Crippen LogP contribution in [0.4, 0.5) is 0 Å². The van der Waals surface area contributed by atoms with E-state index in [-0.39, 0.29) is 0 Å². The van der Waals surface area contributed by atoms with Crippen LogP contribution in [-0.4, -0.2) is 6.04 Å². The first-order valence-corrected chi connectivity index (χ1v) is 6.78. The van der Waals surface area contributed by atoms with Crippen LogP contribution in [0, 0.1) is 19.8 Å². The summed E-state index contributed by atoms with van der Waals surface area (Å²) >= 11 is 0. The fourth-order valence-corrected chi connectivity index (χ4v) is 1.89. The highest BCUT2D eigenvalue weighted by atomic mass is 14.9. The Morgan fingerprint density at radius 3 is 2.29 bits per heavy atom. The molecule has 0 bridgehead atoms. The van der Waals surface area contributed by atoms with E-state index in [1.807, 2.05) is 0 Å². The lowest BCUT2D eigenvalue weighted by Crippen LogP contribution is -2.25. The first-order valence-electron chi connectivity index (χ1n) is 6.78. The highest BCUT2D eigenvalue weighted by Crippen LogP contribution is 2.11. The van der Waals surface area contributed by atoms with E-state index in [2.05, 4.69) is 58.1 Å². The number of hydrogen-bond donors (Lipinski definition) is 1. The van der Waals surface area contributed by atoms with E-state index >= 15 is 0 Å². The molecule has 0 radical (unpaired) electrons. The van der Waals surface area contributed by atoms with Crippen molar-refractivity contribution in [2.24, 2.45) is 5.92 Å². The van der Waals surface area contributed by atoms with Crippen LogP contribution in [0.5, 0.6) is 0 Å². The average molecular weight is 233 g/mol. The predicted octanol–water partition coefficient (Wildman–Crippen LogP) is 4.22. The molecule has 0 saturated heterocycles. The fraction of sp³-hybridized carbons (Fsp3) is 0.625. The van der Waals surface area contributed by atoms with Crippen LogP contribution in [0.25, 0.3) is 0 Å². The zero-order chi connectivity index (χ0) is 12.8. The molecule has 0 heterocycles. The Hall–Kier alpha value is -0.820. The molecule has 96 valence electrons. The molecule has 0 amide bonds. The van der Waals surface area contributed by atoms with E-state index in [0.29, 0.717) is 6.04 Å². The van der Waals surface area contributed by atoms with E-state index in [1.54, 1.807) is 0 Å². The summed E-state index contributed by atoms with van der Waals surface area (Å²) in [6.07, 6.45) is 2.57. The molecule has 17 heavy (non-hydrogen) atoms. The van der Waals surface area contributed by atoms with Gasteiger partial charge in [-0.25, -0.2) is 0 Å². The normalized spacial score (nSPS) is 13.1. The average Bonchev–Trinajstić information content (AvgIpc) is 2.28. The Balaban J connectivity index is 2.36. The summed E-state index contributed by atoms with van der Waals surface area (Å²) in [4.78, 5) is 0. The fourth-order valence-electron chi connectivity index (χ4n) is 1.89. The van der Waals surface area contributed by atoms with Crippen LogP contribution >= 0.6 is 0 Å². The molecular weight excluding hydrogens is 206 g/mol. The Kier molecular flexibility index (Phi) is 5.70. The lowest BCUT2D eigenvalue weighted by atomic mass is 10.0. The third-order valence-electron chi connectivity index (χ3n) is 3.40. The molecule has 1 N–H and O–H groups in total. The molecule has 1 heteroatoms. The maximum atomic E-state index is 3.60. The van der Waals surface area contributed by atoms with Crippen molar-refractivity contribution in [2.75, 3.05) is 0 Å². The topological polar surface area (TPSA) is 12.0 Å². The monoisotopic (exact) mass is 233 g/mol. The van der Waals surface area contributed by atoms with Crippen molar-refractivity contribution in [3.05, 3.63) is 34.9 Å². The van der Waals surface area contributed by atoms with Crippen LogP contribution < -0.4 is 5.32 Å². The molecule has 1 aromatic carbocycles. The summed E-state index contributed by atoms with van der Waals surface area (Å²) in [5.74, 6) is 0.806. The van der Waals surface area contributed by atoms with Gasteiger partial charge in [-0.05, 0) is 56.2 Å². The molecule has 0 aliphatic carbocycles. The van der Waals surface area contributed by atoms with Gasteiger partial charge in [-0.15, -0.1) is 0 Å². The van der Waals surface area contributed by atoms with Crippen LogP contribution in [0.2, 0.25) is 0 Å². The van der Waals surface area contributed by atoms with Gasteiger partial charge in [0.2, 0.25) is 0 Å². The first kappa shape index (κ1) is 14.2. The smallest absolute Gasteiger partial charge is 0.0208 e. The second-order valence-electron chi connectivity index (χ2n) is 5.67. The summed E-state index contributed by atoms with van der Waals surface area (Å²) in [6, 6.07) is 7.34. The maximum absolute atomic E-state index is 3.60. The van der Waals surface area contributed by atoms with E-state index < -0.39 is 0 Å². The van der Waals surface area contributed by atoms with Crippen molar-refractivity contribution in [3.63, 3.8) is 0 Å². The van der Waals surface area contributed by atoms with Crippen molar-refractivity contribution in [1.29, 1.82) is 0 Å². The number of hydrogen-bond acceptors (Lipinski definition) is 1. The minimum atomic E-state index is 0.610. The molecule has 0 saturated carbocycles. The van der Waals surface area contributed by atoms with Gasteiger partial charge in [0.05, 0.1) is 0 Å². The molecule has 0 aliphatic rings. The second kappa shape index (κ2) is 6.80. The van der Waals surface area contributed by atoms with Gasteiger partial charge in [-0.1, -0.05) is 32.0 Å². The Morgan fingerprint density at radius 2 is 1.71 bits per heavy atom. The van der Waals surface area contributed by atoms with Crippen LogP contribution in [-0.2, 0) is 6.54 Å². The Morgan fingerprint density at radius 1 is 1.00 bits per heavy atom. The van der Waals surface area contributed by atoms with Crippen LogP contribution in [0.3, 0.4) is 0 Å². The van der Waals surface area contributed by atoms with Gasteiger partial charge in [0.1, 0.15) is 0 Å². The maximum Gasteiger partial charge on any atom is 0.0208 e. The molecule has 0 fully saturated rings. The van der Waals surface area contributed by atoms with E-state index in [0.717, 1.165) is 12.5 Å². The van der Waals surface area contributed by atoms with Crippen molar-refractivity contribution in [2.45, 2.75) is 60.0 Å². The van der Waals surface area contributed by atoms with Crippen LogP contribution in [0.15, 0.2) is 18.2 Å². The van der Waals surface area contributed by atoms with Gasteiger partial charge in [0.25, 0.3) is 0 Å².